The first-order valence-corrected chi connectivity index (χ1v) is 8.97. The fourth-order valence-electron chi connectivity index (χ4n) is 4.24. The maximum atomic E-state index is 12.5. The Kier molecular flexibility index (Phi) is 3.24. The molecule has 1 aliphatic rings. The zero-order valence-corrected chi connectivity index (χ0v) is 14.0. The zero-order chi connectivity index (χ0) is 16.8. The molecule has 25 heavy (non-hydrogen) atoms. The summed E-state index contributed by atoms with van der Waals surface area (Å²) in [6.45, 7) is 0. The van der Waals surface area contributed by atoms with Gasteiger partial charge in [-0.3, -0.25) is 9.36 Å². The van der Waals surface area contributed by atoms with E-state index in [0.29, 0.717) is 0 Å². The van der Waals surface area contributed by atoms with Gasteiger partial charge < -0.3 is 0 Å². The van der Waals surface area contributed by atoms with Crippen LogP contribution < -0.4 is 5.56 Å². The van der Waals surface area contributed by atoms with Gasteiger partial charge in [0.15, 0.2) is 0 Å². The van der Waals surface area contributed by atoms with Crippen molar-refractivity contribution in [2.75, 3.05) is 0 Å². The van der Waals surface area contributed by atoms with Crippen molar-refractivity contribution in [1.29, 1.82) is 0 Å². The van der Waals surface area contributed by atoms with Crippen molar-refractivity contribution in [3.8, 4) is 5.69 Å². The minimum Gasteiger partial charge on any atom is -0.284 e. The van der Waals surface area contributed by atoms with Crippen molar-refractivity contribution in [1.82, 2.24) is 4.57 Å². The molecule has 0 aliphatic heterocycles. The zero-order valence-electron chi connectivity index (χ0n) is 14.0. The summed E-state index contributed by atoms with van der Waals surface area (Å²) in [5, 5.41) is 4.95. The lowest BCUT2D eigenvalue weighted by Gasteiger charge is -2.20. The predicted molar refractivity (Wildman–Crippen MR) is 104 cm³/mol. The molecule has 2 heteroatoms. The van der Waals surface area contributed by atoms with Crippen molar-refractivity contribution in [2.45, 2.75) is 25.7 Å². The number of aromatic nitrogens is 1. The van der Waals surface area contributed by atoms with Crippen LogP contribution in [0.1, 0.15) is 24.0 Å². The molecule has 122 valence electrons. The summed E-state index contributed by atoms with van der Waals surface area (Å²) in [6.07, 6.45) is 6.69. The second-order valence-corrected chi connectivity index (χ2v) is 6.86. The molecule has 3 aromatic carbocycles. The van der Waals surface area contributed by atoms with Gasteiger partial charge in [-0.15, -0.1) is 0 Å². The van der Waals surface area contributed by atoms with Crippen molar-refractivity contribution < 1.29 is 0 Å². The van der Waals surface area contributed by atoms with Crippen LogP contribution in [0.2, 0.25) is 0 Å². The molecule has 2 nitrogen and oxygen atoms in total. The fraction of sp³-hybridized carbons (Fsp3) is 0.174. The summed E-state index contributed by atoms with van der Waals surface area (Å²) in [5.41, 5.74) is 3.93. The van der Waals surface area contributed by atoms with E-state index in [0.717, 1.165) is 17.5 Å². The van der Waals surface area contributed by atoms with E-state index in [1.54, 1.807) is 16.7 Å². The van der Waals surface area contributed by atoms with Crippen LogP contribution >= 0.6 is 0 Å². The quantitative estimate of drug-likeness (QED) is 0.450. The molecule has 0 saturated carbocycles. The van der Waals surface area contributed by atoms with Gasteiger partial charge in [-0.2, -0.15) is 0 Å². The van der Waals surface area contributed by atoms with Gasteiger partial charge in [0.2, 0.25) is 0 Å². The first-order valence-electron chi connectivity index (χ1n) is 8.97. The lowest BCUT2D eigenvalue weighted by molar-refractivity contribution is 0.690. The van der Waals surface area contributed by atoms with Gasteiger partial charge in [0, 0.05) is 17.6 Å². The first-order chi connectivity index (χ1) is 12.3. The Morgan fingerprint density at radius 1 is 0.720 bits per heavy atom. The van der Waals surface area contributed by atoms with E-state index in [-0.39, 0.29) is 5.56 Å². The Balaban J connectivity index is 1.96. The number of rotatable bonds is 1. The molecular weight excluding hydrogens is 306 g/mol. The van der Waals surface area contributed by atoms with Gasteiger partial charge >= 0.3 is 0 Å². The maximum Gasteiger partial charge on any atom is 0.255 e. The maximum absolute atomic E-state index is 12.5. The summed E-state index contributed by atoms with van der Waals surface area (Å²) < 4.78 is 1.77. The Morgan fingerprint density at radius 3 is 2.36 bits per heavy atom. The van der Waals surface area contributed by atoms with Crippen LogP contribution in [0, 0.1) is 0 Å². The smallest absolute Gasteiger partial charge is 0.255 e. The highest BCUT2D eigenvalue weighted by Gasteiger charge is 2.16. The van der Waals surface area contributed by atoms with Gasteiger partial charge in [0.25, 0.3) is 5.56 Å². The third-order valence-electron chi connectivity index (χ3n) is 5.43. The van der Waals surface area contributed by atoms with E-state index in [4.69, 9.17) is 0 Å². The Labute approximate surface area is 146 Å². The predicted octanol–water partition coefficient (Wildman–Crippen LogP) is 5.02. The number of fused-ring (bicyclic) bond motifs is 5. The average Bonchev–Trinajstić information content (AvgIpc) is 2.67. The minimum absolute atomic E-state index is 0.0109. The summed E-state index contributed by atoms with van der Waals surface area (Å²) in [6, 6.07) is 20.5. The van der Waals surface area contributed by atoms with Crippen LogP contribution in [0.4, 0.5) is 0 Å². The van der Waals surface area contributed by atoms with Crippen molar-refractivity contribution in [3.05, 3.63) is 88.3 Å². The van der Waals surface area contributed by atoms with Crippen molar-refractivity contribution in [3.63, 3.8) is 0 Å². The Hall–Kier alpha value is -2.87. The molecule has 0 amide bonds. The second kappa shape index (κ2) is 5.59. The molecule has 0 bridgehead atoms. The molecule has 4 aromatic rings. The summed E-state index contributed by atoms with van der Waals surface area (Å²) >= 11 is 0. The van der Waals surface area contributed by atoms with Gasteiger partial charge in [-0.25, -0.2) is 0 Å². The Bertz CT molecular complexity index is 1170. The monoisotopic (exact) mass is 325 g/mol. The molecule has 5 rings (SSSR count). The lowest BCUT2D eigenvalue weighted by Crippen LogP contribution is -2.16. The normalized spacial score (nSPS) is 13.9. The van der Waals surface area contributed by atoms with E-state index in [2.05, 4.69) is 36.4 Å². The van der Waals surface area contributed by atoms with Crippen molar-refractivity contribution >= 4 is 21.5 Å². The average molecular weight is 325 g/mol. The molecule has 0 atom stereocenters. The lowest BCUT2D eigenvalue weighted by atomic mass is 9.86. The van der Waals surface area contributed by atoms with Crippen LogP contribution in [-0.4, -0.2) is 4.57 Å². The van der Waals surface area contributed by atoms with E-state index < -0.39 is 0 Å². The molecule has 0 fully saturated rings. The highest BCUT2D eigenvalue weighted by Crippen LogP contribution is 2.36. The van der Waals surface area contributed by atoms with Gasteiger partial charge in [-0.1, -0.05) is 42.5 Å². The molecule has 0 N–H and O–H groups in total. The number of nitrogens with zero attached hydrogens (tertiary/aromatic N) is 1. The largest absolute Gasteiger partial charge is 0.284 e. The van der Waals surface area contributed by atoms with Crippen LogP contribution in [-0.2, 0) is 12.8 Å². The van der Waals surface area contributed by atoms with E-state index in [1.807, 2.05) is 18.3 Å². The number of pyridine rings is 1. The molecule has 0 saturated heterocycles. The SMILES string of the molecule is O=c1ccccn1-c1cc2c3c(ccc2c2ccccc12)CCCC3. The van der Waals surface area contributed by atoms with Crippen LogP contribution in [0.3, 0.4) is 0 Å². The topological polar surface area (TPSA) is 22.0 Å². The first kappa shape index (κ1) is 14.5. The fourth-order valence-corrected chi connectivity index (χ4v) is 4.24. The van der Waals surface area contributed by atoms with Crippen LogP contribution in [0.25, 0.3) is 27.2 Å². The van der Waals surface area contributed by atoms with Crippen LogP contribution in [0.5, 0.6) is 0 Å². The van der Waals surface area contributed by atoms with Gasteiger partial charge in [0.1, 0.15) is 0 Å². The molecular formula is C23H19NO. The second-order valence-electron chi connectivity index (χ2n) is 6.86. The number of hydrogen-bond donors (Lipinski definition) is 0. The van der Waals surface area contributed by atoms with Crippen molar-refractivity contribution in [2.24, 2.45) is 0 Å². The minimum atomic E-state index is 0.0109. The third kappa shape index (κ3) is 2.21. The van der Waals surface area contributed by atoms with E-state index >= 15 is 0 Å². The highest BCUT2D eigenvalue weighted by molar-refractivity contribution is 6.12. The number of benzene rings is 3. The molecule has 1 aliphatic carbocycles. The molecule has 0 radical (unpaired) electrons. The summed E-state index contributed by atoms with van der Waals surface area (Å²) in [7, 11) is 0. The summed E-state index contributed by atoms with van der Waals surface area (Å²) in [5.74, 6) is 0. The molecule has 0 spiro atoms. The molecule has 1 heterocycles. The molecule has 0 unspecified atom stereocenters. The molecule has 1 aromatic heterocycles. The standard InChI is InChI=1S/C23H19NO/c25-23-11-5-6-14-24(23)22-15-21-17-8-2-1-7-16(17)12-13-19(21)18-9-3-4-10-20(18)22/h3-6,9-15H,1-2,7-8H2. The van der Waals surface area contributed by atoms with Gasteiger partial charge in [-0.05, 0) is 65.1 Å². The van der Waals surface area contributed by atoms with E-state index in [9.17, 15) is 4.79 Å². The van der Waals surface area contributed by atoms with Crippen LogP contribution in [0.15, 0.2) is 71.7 Å². The Morgan fingerprint density at radius 2 is 1.48 bits per heavy atom. The van der Waals surface area contributed by atoms with E-state index in [1.165, 1.54) is 46.5 Å². The van der Waals surface area contributed by atoms with Gasteiger partial charge in [0.05, 0.1) is 5.69 Å². The third-order valence-corrected chi connectivity index (χ3v) is 5.43. The number of hydrogen-bond acceptors (Lipinski definition) is 1. The highest BCUT2D eigenvalue weighted by atomic mass is 16.1. The summed E-state index contributed by atoms with van der Waals surface area (Å²) in [4.78, 5) is 12.5. The number of aryl methyl sites for hydroxylation is 2.